The second kappa shape index (κ2) is 5.74. The second-order valence-corrected chi connectivity index (χ2v) is 9.12. The third-order valence-electron chi connectivity index (χ3n) is 6.04. The third kappa shape index (κ3) is 3.15. The van der Waals surface area contributed by atoms with Crippen molar-refractivity contribution in [1.82, 2.24) is 9.80 Å². The molecule has 6 heteroatoms. The van der Waals surface area contributed by atoms with Crippen LogP contribution in [0.5, 0.6) is 0 Å². The first-order chi connectivity index (χ1) is 11.1. The number of carbonyl (C=O) groups is 3. The van der Waals surface area contributed by atoms with Gasteiger partial charge in [0.2, 0.25) is 5.91 Å². The molecule has 0 spiro atoms. The van der Waals surface area contributed by atoms with Crippen LogP contribution in [0.4, 0.5) is 0 Å². The lowest BCUT2D eigenvalue weighted by atomic mass is 9.65. The highest BCUT2D eigenvalue weighted by molar-refractivity contribution is 6.35. The molecule has 24 heavy (non-hydrogen) atoms. The highest BCUT2D eigenvalue weighted by Crippen LogP contribution is 2.52. The van der Waals surface area contributed by atoms with E-state index in [0.29, 0.717) is 32.5 Å². The van der Waals surface area contributed by atoms with Crippen molar-refractivity contribution in [3.63, 3.8) is 0 Å². The number of amides is 3. The van der Waals surface area contributed by atoms with E-state index in [4.69, 9.17) is 5.73 Å². The van der Waals surface area contributed by atoms with Crippen molar-refractivity contribution in [3.8, 4) is 0 Å². The molecule has 2 bridgehead atoms. The number of primary amides is 1. The standard InChI is InChI=1S/C18H29N3O3/c1-17(2)8-13-9-18(3,10-17)11-21(13)16(24)15(23)20-6-4-12(5-7-20)14(19)22/h12-13H,4-11H2,1-3H3,(H2,19,22). The fraction of sp³-hybridized carbons (Fsp3) is 0.833. The maximum atomic E-state index is 12.8. The average molecular weight is 335 g/mol. The maximum Gasteiger partial charge on any atom is 0.312 e. The molecule has 0 aromatic heterocycles. The van der Waals surface area contributed by atoms with E-state index in [1.165, 1.54) is 0 Å². The topological polar surface area (TPSA) is 83.7 Å². The normalized spacial score (nSPS) is 32.7. The molecule has 3 rings (SSSR count). The molecule has 1 aliphatic carbocycles. The predicted molar refractivity (Wildman–Crippen MR) is 89.7 cm³/mol. The Morgan fingerprint density at radius 1 is 1.00 bits per heavy atom. The van der Waals surface area contributed by atoms with Crippen LogP contribution in [0.15, 0.2) is 0 Å². The summed E-state index contributed by atoms with van der Waals surface area (Å²) in [6, 6.07) is 0.179. The van der Waals surface area contributed by atoms with Crippen LogP contribution < -0.4 is 5.73 Å². The third-order valence-corrected chi connectivity index (χ3v) is 6.04. The summed E-state index contributed by atoms with van der Waals surface area (Å²) >= 11 is 0. The monoisotopic (exact) mass is 335 g/mol. The van der Waals surface area contributed by atoms with Gasteiger partial charge in [0.25, 0.3) is 0 Å². The van der Waals surface area contributed by atoms with Gasteiger partial charge in [0.05, 0.1) is 0 Å². The highest BCUT2D eigenvalue weighted by Gasteiger charge is 2.52. The average Bonchev–Trinajstić information content (AvgIpc) is 2.74. The Balaban J connectivity index is 1.65. The number of likely N-dealkylation sites (tertiary alicyclic amines) is 2. The van der Waals surface area contributed by atoms with Crippen molar-refractivity contribution < 1.29 is 14.4 Å². The Hall–Kier alpha value is -1.59. The molecule has 0 radical (unpaired) electrons. The number of rotatable bonds is 1. The number of fused-ring (bicyclic) bond motifs is 2. The van der Waals surface area contributed by atoms with E-state index in [0.717, 1.165) is 19.3 Å². The molecule has 2 N–H and O–H groups in total. The minimum absolute atomic E-state index is 0.126. The lowest BCUT2D eigenvalue weighted by molar-refractivity contribution is -0.153. The minimum Gasteiger partial charge on any atom is -0.369 e. The van der Waals surface area contributed by atoms with Crippen LogP contribution >= 0.6 is 0 Å². The first-order valence-corrected chi connectivity index (χ1v) is 8.99. The quantitative estimate of drug-likeness (QED) is 0.729. The molecule has 2 saturated heterocycles. The zero-order valence-electron chi connectivity index (χ0n) is 15.0. The molecule has 3 aliphatic rings. The van der Waals surface area contributed by atoms with Gasteiger partial charge in [0, 0.05) is 31.6 Å². The second-order valence-electron chi connectivity index (χ2n) is 9.12. The highest BCUT2D eigenvalue weighted by atomic mass is 16.2. The summed E-state index contributed by atoms with van der Waals surface area (Å²) in [4.78, 5) is 40.1. The van der Waals surface area contributed by atoms with Crippen molar-refractivity contribution in [1.29, 1.82) is 0 Å². The molecule has 0 aromatic rings. The molecule has 2 heterocycles. The zero-order valence-corrected chi connectivity index (χ0v) is 15.0. The number of nitrogens with two attached hydrogens (primary N) is 1. The Morgan fingerprint density at radius 3 is 2.21 bits per heavy atom. The van der Waals surface area contributed by atoms with E-state index in [9.17, 15) is 14.4 Å². The van der Waals surface area contributed by atoms with Crippen molar-refractivity contribution in [3.05, 3.63) is 0 Å². The van der Waals surface area contributed by atoms with E-state index in [1.54, 1.807) is 4.90 Å². The summed E-state index contributed by atoms with van der Waals surface area (Å²) in [6.07, 6.45) is 4.17. The number of piperidine rings is 1. The van der Waals surface area contributed by atoms with Crippen molar-refractivity contribution in [2.45, 2.75) is 58.9 Å². The van der Waals surface area contributed by atoms with Crippen LogP contribution in [0.25, 0.3) is 0 Å². The largest absolute Gasteiger partial charge is 0.369 e. The predicted octanol–water partition coefficient (Wildman–Crippen LogP) is 1.14. The van der Waals surface area contributed by atoms with E-state index in [-0.39, 0.29) is 34.6 Å². The number of nitrogens with zero attached hydrogens (tertiary/aromatic N) is 2. The van der Waals surface area contributed by atoms with Crippen molar-refractivity contribution in [2.24, 2.45) is 22.5 Å². The molecule has 134 valence electrons. The Labute approximate surface area is 143 Å². The number of carbonyl (C=O) groups excluding carboxylic acids is 3. The van der Waals surface area contributed by atoms with E-state index in [1.807, 2.05) is 4.90 Å². The minimum atomic E-state index is -0.410. The Kier molecular flexibility index (Phi) is 4.12. The molecule has 2 atom stereocenters. The van der Waals surface area contributed by atoms with Gasteiger partial charge in [-0.25, -0.2) is 0 Å². The summed E-state index contributed by atoms with van der Waals surface area (Å²) in [6.45, 7) is 8.31. The summed E-state index contributed by atoms with van der Waals surface area (Å²) in [7, 11) is 0. The van der Waals surface area contributed by atoms with Gasteiger partial charge >= 0.3 is 11.8 Å². The lowest BCUT2D eigenvalue weighted by Crippen LogP contribution is -2.50. The number of hydrogen-bond donors (Lipinski definition) is 1. The first kappa shape index (κ1) is 17.2. The van der Waals surface area contributed by atoms with Gasteiger partial charge in [0.15, 0.2) is 0 Å². The smallest absolute Gasteiger partial charge is 0.312 e. The molecule has 1 saturated carbocycles. The molecule has 6 nitrogen and oxygen atoms in total. The molecule has 3 amide bonds. The Bertz CT molecular complexity index is 566. The molecular weight excluding hydrogens is 306 g/mol. The van der Waals surface area contributed by atoms with Gasteiger partial charge in [-0.05, 0) is 42.9 Å². The molecular formula is C18H29N3O3. The van der Waals surface area contributed by atoms with Crippen LogP contribution in [0.2, 0.25) is 0 Å². The maximum absolute atomic E-state index is 12.8. The SMILES string of the molecule is CC1(C)CC2CC(C)(CN2C(=O)C(=O)N2CCC(C(N)=O)CC2)C1. The summed E-state index contributed by atoms with van der Waals surface area (Å²) < 4.78 is 0. The van der Waals surface area contributed by atoms with Gasteiger partial charge in [-0.3, -0.25) is 14.4 Å². The molecule has 0 aromatic carbocycles. The van der Waals surface area contributed by atoms with Gasteiger partial charge < -0.3 is 15.5 Å². The summed E-state index contributed by atoms with van der Waals surface area (Å²) in [5.41, 5.74) is 5.67. The van der Waals surface area contributed by atoms with Gasteiger partial charge in [0.1, 0.15) is 0 Å². The van der Waals surface area contributed by atoms with Crippen LogP contribution in [-0.2, 0) is 14.4 Å². The van der Waals surface area contributed by atoms with Crippen molar-refractivity contribution >= 4 is 17.7 Å². The van der Waals surface area contributed by atoms with E-state index < -0.39 is 5.91 Å². The van der Waals surface area contributed by atoms with E-state index in [2.05, 4.69) is 20.8 Å². The van der Waals surface area contributed by atoms with Crippen LogP contribution in [0.3, 0.4) is 0 Å². The van der Waals surface area contributed by atoms with Gasteiger partial charge in [-0.1, -0.05) is 20.8 Å². The van der Waals surface area contributed by atoms with Crippen LogP contribution in [0.1, 0.15) is 52.9 Å². The fourth-order valence-electron chi connectivity index (χ4n) is 5.32. The lowest BCUT2D eigenvalue weighted by Gasteiger charge is -2.39. The first-order valence-electron chi connectivity index (χ1n) is 8.99. The van der Waals surface area contributed by atoms with Gasteiger partial charge in [-0.15, -0.1) is 0 Å². The summed E-state index contributed by atoms with van der Waals surface area (Å²) in [5, 5.41) is 0. The number of hydrogen-bond acceptors (Lipinski definition) is 3. The molecule has 2 unspecified atom stereocenters. The van der Waals surface area contributed by atoms with Crippen LogP contribution in [0, 0.1) is 16.7 Å². The van der Waals surface area contributed by atoms with Crippen molar-refractivity contribution in [2.75, 3.05) is 19.6 Å². The molecule has 2 aliphatic heterocycles. The zero-order chi connectivity index (χ0) is 17.7. The Morgan fingerprint density at radius 2 is 1.62 bits per heavy atom. The summed E-state index contributed by atoms with van der Waals surface area (Å²) in [5.74, 6) is -1.25. The van der Waals surface area contributed by atoms with Gasteiger partial charge in [-0.2, -0.15) is 0 Å². The fourth-order valence-corrected chi connectivity index (χ4v) is 5.32. The molecule has 3 fully saturated rings. The van der Waals surface area contributed by atoms with Crippen LogP contribution in [-0.4, -0.2) is 53.2 Å². The van der Waals surface area contributed by atoms with E-state index >= 15 is 0 Å².